The topological polar surface area (TPSA) is 62.8 Å². The number of nitrogens with one attached hydrogen (secondary N) is 2. The predicted octanol–water partition coefficient (Wildman–Crippen LogP) is 3.46. The molecule has 0 radical (unpaired) electrons. The summed E-state index contributed by atoms with van der Waals surface area (Å²) in [4.78, 5) is 13.8. The summed E-state index contributed by atoms with van der Waals surface area (Å²) >= 11 is 5.41. The summed E-state index contributed by atoms with van der Waals surface area (Å²) in [5.74, 6) is 0.511. The van der Waals surface area contributed by atoms with Gasteiger partial charge in [-0.3, -0.25) is 0 Å². The van der Waals surface area contributed by atoms with Gasteiger partial charge >= 0.3 is 5.97 Å². The van der Waals surface area contributed by atoms with E-state index in [0.29, 0.717) is 23.8 Å². The zero-order chi connectivity index (χ0) is 20.5. The molecule has 0 unspecified atom stereocenters. The molecule has 7 heteroatoms. The first-order chi connectivity index (χ1) is 13.5. The summed E-state index contributed by atoms with van der Waals surface area (Å²) in [6.07, 6.45) is 0. The van der Waals surface area contributed by atoms with E-state index in [1.807, 2.05) is 32.3 Å². The first-order valence-electron chi connectivity index (χ1n) is 9.07. The lowest BCUT2D eigenvalue weighted by Gasteiger charge is -2.27. The van der Waals surface area contributed by atoms with E-state index in [2.05, 4.69) is 21.6 Å². The van der Waals surface area contributed by atoms with Gasteiger partial charge in [-0.1, -0.05) is 18.2 Å². The van der Waals surface area contributed by atoms with Crippen LogP contribution in [0.3, 0.4) is 0 Å². The van der Waals surface area contributed by atoms with Gasteiger partial charge in [0.1, 0.15) is 5.75 Å². The van der Waals surface area contributed by atoms with Crippen molar-refractivity contribution in [3.05, 3.63) is 59.7 Å². The fourth-order valence-electron chi connectivity index (χ4n) is 2.78. The van der Waals surface area contributed by atoms with Crippen LogP contribution >= 0.6 is 12.2 Å². The molecule has 2 rings (SSSR count). The van der Waals surface area contributed by atoms with Gasteiger partial charge in [0.25, 0.3) is 0 Å². The van der Waals surface area contributed by atoms with E-state index in [4.69, 9.17) is 21.7 Å². The Morgan fingerprint density at radius 2 is 1.82 bits per heavy atom. The highest BCUT2D eigenvalue weighted by atomic mass is 32.1. The van der Waals surface area contributed by atoms with Gasteiger partial charge in [0.2, 0.25) is 0 Å². The van der Waals surface area contributed by atoms with E-state index < -0.39 is 0 Å². The lowest BCUT2D eigenvalue weighted by atomic mass is 10.0. The minimum Gasteiger partial charge on any atom is -0.496 e. The summed E-state index contributed by atoms with van der Waals surface area (Å²) in [6, 6.07) is 15.0. The van der Waals surface area contributed by atoms with E-state index in [-0.39, 0.29) is 12.0 Å². The lowest BCUT2D eigenvalue weighted by Crippen LogP contribution is -2.36. The van der Waals surface area contributed by atoms with Crippen LogP contribution in [0.25, 0.3) is 0 Å². The Balaban J connectivity index is 1.97. The molecule has 1 atom stereocenters. The number of likely N-dealkylation sites (N-methyl/N-ethyl adjacent to an activating group) is 1. The molecule has 0 saturated heterocycles. The van der Waals surface area contributed by atoms with Gasteiger partial charge in [-0.2, -0.15) is 0 Å². The molecule has 0 bridgehead atoms. The van der Waals surface area contributed by atoms with Crippen molar-refractivity contribution in [3.8, 4) is 5.75 Å². The molecule has 0 spiro atoms. The molecule has 6 nitrogen and oxygen atoms in total. The first-order valence-corrected chi connectivity index (χ1v) is 9.48. The third-order valence-corrected chi connectivity index (χ3v) is 4.48. The zero-order valence-electron chi connectivity index (χ0n) is 16.7. The molecule has 0 amide bonds. The van der Waals surface area contributed by atoms with Gasteiger partial charge < -0.3 is 25.0 Å². The molecule has 0 aromatic heterocycles. The molecular formula is C21H27N3O3S. The van der Waals surface area contributed by atoms with Crippen molar-refractivity contribution in [1.82, 2.24) is 10.2 Å². The second kappa shape index (κ2) is 10.6. The van der Waals surface area contributed by atoms with Crippen molar-refractivity contribution >= 4 is 29.0 Å². The fraction of sp³-hybridized carbons (Fsp3) is 0.333. The number of hydrogen-bond acceptors (Lipinski definition) is 5. The maximum absolute atomic E-state index is 11.7. The Bertz CT molecular complexity index is 794. The second-order valence-electron chi connectivity index (χ2n) is 6.35. The summed E-state index contributed by atoms with van der Waals surface area (Å²) in [5.41, 5.74) is 2.39. The molecule has 0 aliphatic heterocycles. The highest BCUT2D eigenvalue weighted by Gasteiger charge is 2.18. The maximum atomic E-state index is 11.7. The van der Waals surface area contributed by atoms with Gasteiger partial charge in [0.05, 0.1) is 25.3 Å². The van der Waals surface area contributed by atoms with Gasteiger partial charge in [-0.05, 0) is 63.6 Å². The Morgan fingerprint density at radius 1 is 1.14 bits per heavy atom. The molecule has 2 N–H and O–H groups in total. The highest BCUT2D eigenvalue weighted by molar-refractivity contribution is 7.80. The Kier molecular flexibility index (Phi) is 8.22. The Hall–Kier alpha value is -2.64. The van der Waals surface area contributed by atoms with Crippen molar-refractivity contribution in [2.75, 3.05) is 39.7 Å². The highest BCUT2D eigenvalue weighted by Crippen LogP contribution is 2.27. The van der Waals surface area contributed by atoms with Crippen molar-refractivity contribution in [2.45, 2.75) is 13.0 Å². The lowest BCUT2D eigenvalue weighted by molar-refractivity contribution is 0.0526. The van der Waals surface area contributed by atoms with Crippen molar-refractivity contribution in [2.24, 2.45) is 0 Å². The number of carbonyl (C=O) groups excluding carboxylic acids is 1. The number of benzene rings is 2. The number of ether oxygens (including phenoxy) is 2. The Morgan fingerprint density at radius 3 is 2.43 bits per heavy atom. The van der Waals surface area contributed by atoms with E-state index in [0.717, 1.165) is 17.0 Å². The van der Waals surface area contributed by atoms with E-state index in [1.165, 1.54) is 0 Å². The molecule has 0 heterocycles. The number of rotatable bonds is 8. The fourth-order valence-corrected chi connectivity index (χ4v) is 2.98. The number of nitrogens with zero attached hydrogens (tertiary/aromatic N) is 1. The van der Waals surface area contributed by atoms with Crippen LogP contribution in [-0.4, -0.2) is 50.3 Å². The number of anilines is 1. The third-order valence-electron chi connectivity index (χ3n) is 4.23. The van der Waals surface area contributed by atoms with Crippen LogP contribution in [0.15, 0.2) is 48.5 Å². The van der Waals surface area contributed by atoms with Crippen LogP contribution in [0.2, 0.25) is 0 Å². The minimum absolute atomic E-state index is 0.0853. The minimum atomic E-state index is -0.333. The molecule has 2 aromatic rings. The average Bonchev–Trinajstić information content (AvgIpc) is 2.69. The zero-order valence-corrected chi connectivity index (χ0v) is 17.5. The number of hydrogen-bond donors (Lipinski definition) is 2. The molecule has 28 heavy (non-hydrogen) atoms. The molecule has 0 fully saturated rings. The van der Waals surface area contributed by atoms with Crippen LogP contribution in [0, 0.1) is 0 Å². The molecule has 0 saturated carbocycles. The monoisotopic (exact) mass is 401 g/mol. The maximum Gasteiger partial charge on any atom is 0.338 e. The van der Waals surface area contributed by atoms with E-state index in [9.17, 15) is 4.79 Å². The third kappa shape index (κ3) is 5.94. The van der Waals surface area contributed by atoms with Gasteiger partial charge in [-0.25, -0.2) is 4.79 Å². The van der Waals surface area contributed by atoms with Crippen molar-refractivity contribution < 1.29 is 14.3 Å². The molecular weight excluding hydrogens is 374 g/mol. The SMILES string of the molecule is CCOC(=O)c1ccc(NC(=S)NC[C@@H](c2ccccc2OC)N(C)C)cc1. The van der Waals surface area contributed by atoms with Gasteiger partial charge in [-0.15, -0.1) is 0 Å². The normalized spacial score (nSPS) is 11.6. The van der Waals surface area contributed by atoms with E-state index >= 15 is 0 Å². The van der Waals surface area contributed by atoms with Crippen LogP contribution in [0.1, 0.15) is 28.9 Å². The largest absolute Gasteiger partial charge is 0.496 e. The average molecular weight is 402 g/mol. The summed E-state index contributed by atoms with van der Waals surface area (Å²) in [6.45, 7) is 2.75. The van der Waals surface area contributed by atoms with Crippen LogP contribution in [0.4, 0.5) is 5.69 Å². The number of thiocarbonyl (C=S) groups is 1. The van der Waals surface area contributed by atoms with Crippen LogP contribution < -0.4 is 15.4 Å². The van der Waals surface area contributed by atoms with Gasteiger partial charge in [0, 0.05) is 17.8 Å². The number of esters is 1. The quantitative estimate of drug-likeness (QED) is 0.519. The summed E-state index contributed by atoms with van der Waals surface area (Å²) in [7, 11) is 5.71. The van der Waals surface area contributed by atoms with Crippen LogP contribution in [0.5, 0.6) is 5.75 Å². The second-order valence-corrected chi connectivity index (χ2v) is 6.76. The molecule has 0 aliphatic carbocycles. The first kappa shape index (κ1) is 21.7. The predicted molar refractivity (Wildman–Crippen MR) is 116 cm³/mol. The van der Waals surface area contributed by atoms with Crippen LogP contribution in [-0.2, 0) is 4.74 Å². The van der Waals surface area contributed by atoms with E-state index in [1.54, 1.807) is 38.3 Å². The summed E-state index contributed by atoms with van der Waals surface area (Å²) in [5, 5.41) is 6.89. The molecule has 0 aliphatic rings. The Labute approximate surface area is 171 Å². The smallest absolute Gasteiger partial charge is 0.338 e. The van der Waals surface area contributed by atoms with Gasteiger partial charge in [0.15, 0.2) is 5.11 Å². The molecule has 2 aromatic carbocycles. The van der Waals surface area contributed by atoms with Crippen molar-refractivity contribution in [3.63, 3.8) is 0 Å². The molecule has 150 valence electrons. The van der Waals surface area contributed by atoms with Crippen molar-refractivity contribution in [1.29, 1.82) is 0 Å². The summed E-state index contributed by atoms with van der Waals surface area (Å²) < 4.78 is 10.5. The standard InChI is InChI=1S/C21H27N3O3S/c1-5-27-20(25)15-10-12-16(13-11-15)23-21(28)22-14-18(24(2)3)17-8-6-7-9-19(17)26-4/h6-13,18H,5,14H2,1-4H3,(H2,22,23,28)/t18-/m0/s1. The number of carbonyl (C=O) groups is 1. The number of methoxy groups -OCH3 is 1. The number of para-hydroxylation sites is 1.